The average molecular weight is 570 g/mol. The number of anilines is 2. The van der Waals surface area contributed by atoms with Crippen LogP contribution in [0, 0.1) is 0 Å². The highest BCUT2D eigenvalue weighted by atomic mass is 32.1. The molecule has 5 N–H and O–H groups in total. The Kier molecular flexibility index (Phi) is 11.2. The SMILES string of the molecule is CCCCCCCCn1nc(N)sc1=Nc1[nH]c(N=c2sc(N)nn2CCCCCCCC)c2ccccc12. The van der Waals surface area contributed by atoms with Gasteiger partial charge in [-0.05, 0) is 12.8 Å². The van der Waals surface area contributed by atoms with E-state index in [4.69, 9.17) is 21.5 Å². The standard InChI is InChI=1S/C28H43N9S2/c1-3-5-7-9-11-15-19-36-27(38-25(29)34-36)32-23-21-17-13-14-18-22(21)24(31-23)33-28-37(35-26(30)39-28)20-16-12-10-8-6-4-2/h13-14,17-18,31H,3-12,15-16,19-20H2,1-2H3,(H2,29,34)(H2,30,35). The third-order valence-corrected chi connectivity index (χ3v) is 8.36. The summed E-state index contributed by atoms with van der Waals surface area (Å²) in [6.07, 6.45) is 14.7. The summed E-state index contributed by atoms with van der Waals surface area (Å²) in [7, 11) is 0. The number of H-pyrrole nitrogens is 1. The molecule has 0 saturated carbocycles. The van der Waals surface area contributed by atoms with Gasteiger partial charge < -0.3 is 16.5 Å². The molecule has 3 aromatic heterocycles. The molecule has 0 saturated heterocycles. The lowest BCUT2D eigenvalue weighted by molar-refractivity contribution is 0.517. The number of nitrogens with one attached hydrogen (secondary N) is 1. The molecule has 0 aliphatic rings. The van der Waals surface area contributed by atoms with E-state index in [-0.39, 0.29) is 0 Å². The summed E-state index contributed by atoms with van der Waals surface area (Å²) in [5.74, 6) is 1.51. The number of unbranched alkanes of at least 4 members (excludes halogenated alkanes) is 10. The quantitative estimate of drug-likeness (QED) is 0.125. The van der Waals surface area contributed by atoms with Gasteiger partial charge in [0.2, 0.25) is 19.9 Å². The van der Waals surface area contributed by atoms with Crippen molar-refractivity contribution in [1.29, 1.82) is 0 Å². The molecule has 0 radical (unpaired) electrons. The highest BCUT2D eigenvalue weighted by Gasteiger charge is 2.12. The van der Waals surface area contributed by atoms with Crippen molar-refractivity contribution in [3.63, 3.8) is 0 Å². The Labute approximate surface area is 238 Å². The van der Waals surface area contributed by atoms with Gasteiger partial charge in [-0.3, -0.25) is 0 Å². The fourth-order valence-electron chi connectivity index (χ4n) is 4.70. The van der Waals surface area contributed by atoms with Gasteiger partial charge >= 0.3 is 0 Å². The molecule has 0 bridgehead atoms. The average Bonchev–Trinajstić information content (AvgIpc) is 3.58. The van der Waals surface area contributed by atoms with E-state index in [1.54, 1.807) is 0 Å². The number of nitrogens with zero attached hydrogens (tertiary/aromatic N) is 6. The molecule has 0 amide bonds. The molecule has 0 aliphatic carbocycles. The highest BCUT2D eigenvalue weighted by molar-refractivity contribution is 7.13. The van der Waals surface area contributed by atoms with Crippen molar-refractivity contribution in [2.75, 3.05) is 11.5 Å². The van der Waals surface area contributed by atoms with E-state index >= 15 is 0 Å². The fourth-order valence-corrected chi connectivity index (χ4v) is 6.11. The molecular formula is C28H43N9S2. The van der Waals surface area contributed by atoms with Crippen LogP contribution >= 0.6 is 22.7 Å². The minimum Gasteiger partial charge on any atom is -0.374 e. The maximum Gasteiger partial charge on any atom is 0.211 e. The number of nitrogen functional groups attached to an aromatic ring is 2. The largest absolute Gasteiger partial charge is 0.374 e. The van der Waals surface area contributed by atoms with Crippen LogP contribution in [0.1, 0.15) is 90.9 Å². The summed E-state index contributed by atoms with van der Waals surface area (Å²) >= 11 is 2.82. The normalized spacial score (nSPS) is 12.8. The molecule has 0 unspecified atom stereocenters. The van der Waals surface area contributed by atoms with E-state index in [9.17, 15) is 0 Å². The lowest BCUT2D eigenvalue weighted by Gasteiger charge is -2.02. The second-order valence-corrected chi connectivity index (χ2v) is 12.0. The van der Waals surface area contributed by atoms with Crippen molar-refractivity contribution in [2.24, 2.45) is 9.98 Å². The topological polar surface area (TPSA) is 128 Å². The summed E-state index contributed by atoms with van der Waals surface area (Å²) in [4.78, 5) is 15.0. The smallest absolute Gasteiger partial charge is 0.211 e. The molecule has 39 heavy (non-hydrogen) atoms. The van der Waals surface area contributed by atoms with E-state index in [0.717, 1.165) is 57.9 Å². The number of hydrogen-bond donors (Lipinski definition) is 3. The molecule has 0 atom stereocenters. The molecule has 4 aromatic rings. The van der Waals surface area contributed by atoms with Gasteiger partial charge in [-0.15, -0.1) is 10.2 Å². The number of aromatic amines is 1. The molecule has 9 nitrogen and oxygen atoms in total. The second-order valence-electron chi connectivity index (χ2n) is 10.0. The van der Waals surface area contributed by atoms with Gasteiger partial charge in [-0.2, -0.15) is 0 Å². The van der Waals surface area contributed by atoms with Gasteiger partial charge in [0.05, 0.1) is 0 Å². The van der Waals surface area contributed by atoms with Crippen molar-refractivity contribution >= 4 is 55.3 Å². The predicted molar refractivity (Wildman–Crippen MR) is 165 cm³/mol. The maximum absolute atomic E-state index is 6.09. The highest BCUT2D eigenvalue weighted by Crippen LogP contribution is 2.33. The minimum absolute atomic E-state index is 0.524. The molecule has 3 heterocycles. The van der Waals surface area contributed by atoms with Crippen LogP contribution in [0.15, 0.2) is 34.3 Å². The summed E-state index contributed by atoms with van der Waals surface area (Å²) < 4.78 is 3.87. The van der Waals surface area contributed by atoms with E-state index in [2.05, 4.69) is 41.2 Å². The van der Waals surface area contributed by atoms with Crippen molar-refractivity contribution in [3.05, 3.63) is 33.9 Å². The van der Waals surface area contributed by atoms with Gasteiger partial charge in [0.15, 0.2) is 0 Å². The zero-order chi connectivity index (χ0) is 27.5. The van der Waals surface area contributed by atoms with Crippen LogP contribution in [-0.2, 0) is 13.1 Å². The third kappa shape index (κ3) is 8.28. The van der Waals surface area contributed by atoms with Gasteiger partial charge in [0.25, 0.3) is 0 Å². The number of aryl methyl sites for hydroxylation is 2. The molecule has 0 spiro atoms. The Morgan fingerprint density at radius 3 is 1.51 bits per heavy atom. The van der Waals surface area contributed by atoms with Gasteiger partial charge in [-0.25, -0.2) is 19.3 Å². The molecule has 0 fully saturated rings. The summed E-state index contributed by atoms with van der Waals surface area (Å²) in [6, 6.07) is 8.18. The number of nitrogens with two attached hydrogens (primary N) is 2. The van der Waals surface area contributed by atoms with Crippen molar-refractivity contribution in [3.8, 4) is 0 Å². The van der Waals surface area contributed by atoms with Crippen LogP contribution in [0.5, 0.6) is 0 Å². The number of benzene rings is 1. The Bertz CT molecular complexity index is 1330. The van der Waals surface area contributed by atoms with Crippen LogP contribution in [0.25, 0.3) is 10.8 Å². The first-order valence-electron chi connectivity index (χ1n) is 14.5. The van der Waals surface area contributed by atoms with Crippen molar-refractivity contribution in [1.82, 2.24) is 24.5 Å². The molecule has 11 heteroatoms. The third-order valence-electron chi connectivity index (χ3n) is 6.81. The number of fused-ring (bicyclic) bond motifs is 1. The molecule has 4 rings (SSSR count). The lowest BCUT2D eigenvalue weighted by atomic mass is 10.1. The summed E-state index contributed by atoms with van der Waals surface area (Å²) in [5, 5.41) is 12.1. The lowest BCUT2D eigenvalue weighted by Crippen LogP contribution is -2.16. The number of rotatable bonds is 16. The first kappa shape index (κ1) is 29.1. The first-order valence-corrected chi connectivity index (χ1v) is 16.1. The Morgan fingerprint density at radius 2 is 1.08 bits per heavy atom. The van der Waals surface area contributed by atoms with E-state index in [1.165, 1.54) is 86.9 Å². The monoisotopic (exact) mass is 569 g/mol. The number of aromatic nitrogens is 5. The van der Waals surface area contributed by atoms with Gasteiger partial charge in [0, 0.05) is 23.9 Å². The van der Waals surface area contributed by atoms with Crippen LogP contribution in [0.4, 0.5) is 21.9 Å². The van der Waals surface area contributed by atoms with Crippen molar-refractivity contribution < 1.29 is 0 Å². The summed E-state index contributed by atoms with van der Waals surface area (Å²) in [5.41, 5.74) is 12.2. The summed E-state index contributed by atoms with van der Waals surface area (Å²) in [6.45, 7) is 6.11. The zero-order valence-corrected chi connectivity index (χ0v) is 25.0. The Morgan fingerprint density at radius 1 is 0.667 bits per heavy atom. The molecule has 1 aromatic carbocycles. The minimum atomic E-state index is 0.524. The van der Waals surface area contributed by atoms with E-state index < -0.39 is 0 Å². The maximum atomic E-state index is 6.09. The van der Waals surface area contributed by atoms with Crippen molar-refractivity contribution in [2.45, 2.75) is 104 Å². The van der Waals surface area contributed by atoms with Gasteiger partial charge in [-0.1, -0.05) is 125 Å². The zero-order valence-electron chi connectivity index (χ0n) is 23.4. The van der Waals surface area contributed by atoms with Gasteiger partial charge in [0.1, 0.15) is 11.6 Å². The van der Waals surface area contributed by atoms with E-state index in [0.29, 0.717) is 10.3 Å². The number of hydrogen-bond acceptors (Lipinski definition) is 8. The van der Waals surface area contributed by atoms with Crippen LogP contribution < -0.4 is 21.1 Å². The Hall–Kier alpha value is -2.92. The molecule has 0 aliphatic heterocycles. The van der Waals surface area contributed by atoms with Crippen LogP contribution in [0.2, 0.25) is 0 Å². The van der Waals surface area contributed by atoms with E-state index in [1.807, 2.05) is 21.5 Å². The molecule has 212 valence electrons. The van der Waals surface area contributed by atoms with Crippen LogP contribution in [0.3, 0.4) is 0 Å². The fraction of sp³-hybridized carbons (Fsp3) is 0.571. The van der Waals surface area contributed by atoms with Crippen LogP contribution in [-0.4, -0.2) is 24.5 Å². The second kappa shape index (κ2) is 15.0. The first-order chi connectivity index (χ1) is 19.1. The predicted octanol–water partition coefficient (Wildman–Crippen LogP) is 7.03. The Balaban J connectivity index is 1.57. The molecular weight excluding hydrogens is 527 g/mol.